The third kappa shape index (κ3) is 2.93. The van der Waals surface area contributed by atoms with Crippen LogP contribution in [0.5, 0.6) is 5.75 Å². The molecule has 0 radical (unpaired) electrons. The van der Waals surface area contributed by atoms with Crippen LogP contribution < -0.4 is 5.32 Å². The average molecular weight is 259 g/mol. The number of benzene rings is 1. The fraction of sp³-hybridized carbons (Fsp3) is 0.429. The van der Waals surface area contributed by atoms with E-state index in [-0.39, 0.29) is 5.75 Å². The number of hydrogen-bond acceptors (Lipinski definition) is 5. The van der Waals surface area contributed by atoms with Gasteiger partial charge in [0.05, 0.1) is 6.54 Å². The largest absolute Gasteiger partial charge is 0.508 e. The van der Waals surface area contributed by atoms with E-state index >= 15 is 0 Å². The normalized spacial score (nSPS) is 16.0. The molecule has 1 heterocycles. The monoisotopic (exact) mass is 259 g/mol. The van der Waals surface area contributed by atoms with Crippen LogP contribution in [0, 0.1) is 0 Å². The van der Waals surface area contributed by atoms with E-state index in [2.05, 4.69) is 15.5 Å². The maximum absolute atomic E-state index is 9.43. The molecule has 1 aromatic carbocycles. The molecule has 0 atom stereocenters. The number of rotatable bonds is 4. The SMILES string of the molecule is Oc1cccc(-c2noc(CNC3CCCC3)n2)c1. The second-order valence-electron chi connectivity index (χ2n) is 4.92. The smallest absolute Gasteiger partial charge is 0.240 e. The van der Waals surface area contributed by atoms with E-state index in [0.29, 0.717) is 24.3 Å². The first-order valence-corrected chi connectivity index (χ1v) is 6.66. The second-order valence-corrected chi connectivity index (χ2v) is 4.92. The molecule has 19 heavy (non-hydrogen) atoms. The molecular weight excluding hydrogens is 242 g/mol. The number of aromatic hydroxyl groups is 1. The van der Waals surface area contributed by atoms with E-state index in [1.807, 2.05) is 6.07 Å². The topological polar surface area (TPSA) is 71.2 Å². The maximum atomic E-state index is 9.43. The van der Waals surface area contributed by atoms with Gasteiger partial charge in [0.15, 0.2) is 0 Å². The summed E-state index contributed by atoms with van der Waals surface area (Å²) in [7, 11) is 0. The quantitative estimate of drug-likeness (QED) is 0.882. The van der Waals surface area contributed by atoms with Crippen LogP contribution in [-0.2, 0) is 6.54 Å². The van der Waals surface area contributed by atoms with Crippen LogP contribution in [0.3, 0.4) is 0 Å². The van der Waals surface area contributed by atoms with Crippen LogP contribution in [-0.4, -0.2) is 21.3 Å². The molecule has 0 aliphatic heterocycles. The van der Waals surface area contributed by atoms with Crippen LogP contribution in [0.1, 0.15) is 31.6 Å². The molecule has 1 fully saturated rings. The summed E-state index contributed by atoms with van der Waals surface area (Å²) in [6.07, 6.45) is 5.06. The number of aromatic nitrogens is 2. The zero-order chi connectivity index (χ0) is 13.1. The van der Waals surface area contributed by atoms with Gasteiger partial charge >= 0.3 is 0 Å². The van der Waals surface area contributed by atoms with Crippen LogP contribution in [0.4, 0.5) is 0 Å². The summed E-state index contributed by atoms with van der Waals surface area (Å²) in [5, 5.41) is 16.8. The van der Waals surface area contributed by atoms with Gasteiger partial charge in [0, 0.05) is 11.6 Å². The van der Waals surface area contributed by atoms with Gasteiger partial charge in [0.1, 0.15) is 5.75 Å². The lowest BCUT2D eigenvalue weighted by Gasteiger charge is -2.08. The number of phenols is 1. The highest BCUT2D eigenvalue weighted by Crippen LogP contribution is 2.21. The number of nitrogens with one attached hydrogen (secondary N) is 1. The molecule has 0 unspecified atom stereocenters. The molecule has 100 valence electrons. The zero-order valence-corrected chi connectivity index (χ0v) is 10.7. The predicted octanol–water partition coefficient (Wildman–Crippen LogP) is 2.47. The van der Waals surface area contributed by atoms with Gasteiger partial charge in [-0.1, -0.05) is 30.1 Å². The maximum Gasteiger partial charge on any atom is 0.240 e. The highest BCUT2D eigenvalue weighted by Gasteiger charge is 2.16. The van der Waals surface area contributed by atoms with E-state index in [1.165, 1.54) is 25.7 Å². The van der Waals surface area contributed by atoms with E-state index in [0.717, 1.165) is 5.56 Å². The minimum absolute atomic E-state index is 0.202. The van der Waals surface area contributed by atoms with Crippen molar-refractivity contribution in [2.45, 2.75) is 38.3 Å². The number of hydrogen-bond donors (Lipinski definition) is 2. The molecule has 0 bridgehead atoms. The van der Waals surface area contributed by atoms with E-state index in [4.69, 9.17) is 4.52 Å². The highest BCUT2D eigenvalue weighted by atomic mass is 16.5. The Morgan fingerprint density at radius 1 is 1.32 bits per heavy atom. The Labute approximate surface area is 111 Å². The Morgan fingerprint density at radius 2 is 2.16 bits per heavy atom. The summed E-state index contributed by atoms with van der Waals surface area (Å²) in [4.78, 5) is 4.33. The summed E-state index contributed by atoms with van der Waals surface area (Å²) >= 11 is 0. The Balaban J connectivity index is 1.65. The van der Waals surface area contributed by atoms with Gasteiger partial charge in [-0.2, -0.15) is 4.98 Å². The predicted molar refractivity (Wildman–Crippen MR) is 70.5 cm³/mol. The van der Waals surface area contributed by atoms with Crippen molar-refractivity contribution >= 4 is 0 Å². The Morgan fingerprint density at radius 3 is 2.95 bits per heavy atom. The van der Waals surface area contributed by atoms with Crippen molar-refractivity contribution < 1.29 is 9.63 Å². The van der Waals surface area contributed by atoms with Gasteiger partial charge in [-0.3, -0.25) is 0 Å². The van der Waals surface area contributed by atoms with Crippen molar-refractivity contribution in [2.75, 3.05) is 0 Å². The molecule has 2 N–H and O–H groups in total. The molecule has 1 saturated carbocycles. The van der Waals surface area contributed by atoms with Crippen molar-refractivity contribution in [3.05, 3.63) is 30.2 Å². The summed E-state index contributed by atoms with van der Waals surface area (Å²) in [6.45, 7) is 0.608. The zero-order valence-electron chi connectivity index (χ0n) is 10.7. The summed E-state index contributed by atoms with van der Waals surface area (Å²) in [6, 6.07) is 7.43. The molecular formula is C14H17N3O2. The number of phenolic OH excluding ortho intramolecular Hbond substituents is 1. The van der Waals surface area contributed by atoms with Gasteiger partial charge in [-0.25, -0.2) is 0 Å². The van der Waals surface area contributed by atoms with Crippen molar-refractivity contribution in [3.63, 3.8) is 0 Å². The minimum Gasteiger partial charge on any atom is -0.508 e. The first-order valence-electron chi connectivity index (χ1n) is 6.66. The fourth-order valence-electron chi connectivity index (χ4n) is 2.45. The van der Waals surface area contributed by atoms with Crippen molar-refractivity contribution in [3.8, 4) is 17.1 Å². The van der Waals surface area contributed by atoms with Gasteiger partial charge < -0.3 is 14.9 Å². The highest BCUT2D eigenvalue weighted by molar-refractivity contribution is 5.56. The molecule has 1 aromatic heterocycles. The lowest BCUT2D eigenvalue weighted by atomic mass is 10.2. The third-order valence-corrected chi connectivity index (χ3v) is 3.47. The molecule has 1 aliphatic rings. The first-order chi connectivity index (χ1) is 9.31. The molecule has 2 aromatic rings. The summed E-state index contributed by atoms with van der Waals surface area (Å²) < 4.78 is 5.21. The molecule has 5 nitrogen and oxygen atoms in total. The summed E-state index contributed by atoms with van der Waals surface area (Å²) in [5.74, 6) is 1.30. The molecule has 5 heteroatoms. The van der Waals surface area contributed by atoms with Crippen molar-refractivity contribution in [1.82, 2.24) is 15.5 Å². The van der Waals surface area contributed by atoms with Crippen molar-refractivity contribution in [1.29, 1.82) is 0 Å². The van der Waals surface area contributed by atoms with E-state index in [9.17, 15) is 5.11 Å². The lowest BCUT2D eigenvalue weighted by Crippen LogP contribution is -2.25. The van der Waals surface area contributed by atoms with Gasteiger partial charge in [-0.15, -0.1) is 0 Å². The van der Waals surface area contributed by atoms with Gasteiger partial charge in [0.2, 0.25) is 11.7 Å². The van der Waals surface area contributed by atoms with Crippen LogP contribution in [0.25, 0.3) is 11.4 Å². The van der Waals surface area contributed by atoms with Crippen molar-refractivity contribution in [2.24, 2.45) is 0 Å². The van der Waals surface area contributed by atoms with Crippen LogP contribution in [0.15, 0.2) is 28.8 Å². The molecule has 0 amide bonds. The van der Waals surface area contributed by atoms with Gasteiger partial charge in [-0.05, 0) is 25.0 Å². The van der Waals surface area contributed by atoms with E-state index < -0.39 is 0 Å². The Bertz CT molecular complexity index is 547. The second kappa shape index (κ2) is 5.40. The van der Waals surface area contributed by atoms with Gasteiger partial charge in [0.25, 0.3) is 0 Å². The first kappa shape index (κ1) is 12.2. The Kier molecular flexibility index (Phi) is 3.46. The van der Waals surface area contributed by atoms with Crippen LogP contribution in [0.2, 0.25) is 0 Å². The molecule has 1 aliphatic carbocycles. The lowest BCUT2D eigenvalue weighted by molar-refractivity contribution is 0.357. The molecule has 0 spiro atoms. The average Bonchev–Trinajstić information content (AvgIpc) is 3.08. The standard InChI is InChI=1S/C14H17N3O2/c18-12-7-3-4-10(8-12)14-16-13(19-17-14)9-15-11-5-1-2-6-11/h3-4,7-8,11,15,18H,1-2,5-6,9H2. The molecule has 0 saturated heterocycles. The fourth-order valence-corrected chi connectivity index (χ4v) is 2.45. The van der Waals surface area contributed by atoms with Crippen LogP contribution >= 0.6 is 0 Å². The van der Waals surface area contributed by atoms with E-state index in [1.54, 1.807) is 18.2 Å². The Hall–Kier alpha value is -1.88. The third-order valence-electron chi connectivity index (χ3n) is 3.47. The summed E-state index contributed by atoms with van der Waals surface area (Å²) in [5.41, 5.74) is 0.760. The molecule has 3 rings (SSSR count). The number of nitrogens with zero attached hydrogens (tertiary/aromatic N) is 2. The minimum atomic E-state index is 0.202.